The van der Waals surface area contributed by atoms with Gasteiger partial charge in [-0.1, -0.05) is 0 Å². The first-order valence-electron chi connectivity index (χ1n) is 5.79. The molecular weight excluding hydrogens is 216 g/mol. The summed E-state index contributed by atoms with van der Waals surface area (Å²) in [6.07, 6.45) is 1.03. The Labute approximate surface area is 98.6 Å². The lowest BCUT2D eigenvalue weighted by atomic mass is 10.1. The van der Waals surface area contributed by atoms with Crippen LogP contribution in [0.1, 0.15) is 12.5 Å². The summed E-state index contributed by atoms with van der Waals surface area (Å²) < 4.78 is 10.7. The van der Waals surface area contributed by atoms with Crippen LogP contribution in [0.4, 0.5) is 5.82 Å². The van der Waals surface area contributed by atoms with Gasteiger partial charge in [0.25, 0.3) is 0 Å². The zero-order valence-electron chi connectivity index (χ0n) is 9.49. The van der Waals surface area contributed by atoms with Crippen LogP contribution in [0.15, 0.2) is 18.2 Å². The maximum absolute atomic E-state index is 5.38. The lowest BCUT2D eigenvalue weighted by Crippen LogP contribution is -2.08. The minimum atomic E-state index is 0.306. The average Bonchev–Trinajstić information content (AvgIpc) is 2.86. The molecule has 0 saturated heterocycles. The van der Waals surface area contributed by atoms with Gasteiger partial charge in [0.1, 0.15) is 5.82 Å². The molecule has 0 radical (unpaired) electrons. The molecule has 2 aromatic rings. The topological polar surface area (TPSA) is 43.4 Å². The molecule has 0 amide bonds. The number of ether oxygens (including phenoxy) is 2. The van der Waals surface area contributed by atoms with E-state index < -0.39 is 0 Å². The summed E-state index contributed by atoms with van der Waals surface area (Å²) in [7, 11) is 0. The van der Waals surface area contributed by atoms with Crippen LogP contribution in [0.5, 0.6) is 11.5 Å². The maximum atomic E-state index is 5.38. The fraction of sp³-hybridized carbons (Fsp3) is 0.308. The number of benzene rings is 1. The highest BCUT2D eigenvalue weighted by molar-refractivity contribution is 5.86. The van der Waals surface area contributed by atoms with Crippen molar-refractivity contribution in [3.8, 4) is 11.5 Å². The van der Waals surface area contributed by atoms with Crippen molar-refractivity contribution in [2.45, 2.75) is 19.4 Å². The van der Waals surface area contributed by atoms with Crippen molar-refractivity contribution < 1.29 is 9.47 Å². The van der Waals surface area contributed by atoms with Gasteiger partial charge < -0.3 is 14.8 Å². The molecule has 1 aromatic heterocycles. The summed E-state index contributed by atoms with van der Waals surface area (Å²) in [4.78, 5) is 4.64. The highest BCUT2D eigenvalue weighted by Crippen LogP contribution is 2.37. The minimum absolute atomic E-state index is 0.306. The zero-order chi connectivity index (χ0) is 11.4. The van der Waals surface area contributed by atoms with E-state index in [4.69, 9.17) is 9.47 Å². The van der Waals surface area contributed by atoms with Crippen LogP contribution in [0.25, 0.3) is 10.9 Å². The lowest BCUT2D eigenvalue weighted by molar-refractivity contribution is 0.174. The number of hydrogen-bond donors (Lipinski definition) is 1. The fourth-order valence-electron chi connectivity index (χ4n) is 2.50. The molecule has 4 rings (SSSR count). The van der Waals surface area contributed by atoms with Gasteiger partial charge in [-0.25, -0.2) is 4.98 Å². The Hall–Kier alpha value is -1.97. The number of rotatable bonds is 0. The third-order valence-corrected chi connectivity index (χ3v) is 3.30. The number of nitrogens with zero attached hydrogens (tertiary/aromatic N) is 1. The molecule has 0 fully saturated rings. The van der Waals surface area contributed by atoms with E-state index in [1.165, 1.54) is 5.56 Å². The smallest absolute Gasteiger partial charge is 0.231 e. The number of aromatic nitrogens is 1. The van der Waals surface area contributed by atoms with Gasteiger partial charge in [-0.15, -0.1) is 0 Å². The van der Waals surface area contributed by atoms with E-state index in [0.29, 0.717) is 12.8 Å². The van der Waals surface area contributed by atoms with Gasteiger partial charge in [0, 0.05) is 17.5 Å². The molecule has 1 atom stereocenters. The monoisotopic (exact) mass is 228 g/mol. The van der Waals surface area contributed by atoms with Gasteiger partial charge in [-0.05, 0) is 31.0 Å². The van der Waals surface area contributed by atoms with Crippen molar-refractivity contribution >= 4 is 16.7 Å². The number of pyridine rings is 1. The molecule has 1 N–H and O–H groups in total. The van der Waals surface area contributed by atoms with Gasteiger partial charge in [0.05, 0.1) is 5.52 Å². The van der Waals surface area contributed by atoms with E-state index in [2.05, 4.69) is 23.3 Å². The Morgan fingerprint density at radius 2 is 2.06 bits per heavy atom. The SMILES string of the molecule is CC1Cc2cc3cc4c(cc3nc2N1)OCO4. The number of anilines is 1. The Morgan fingerprint density at radius 1 is 1.24 bits per heavy atom. The molecule has 17 heavy (non-hydrogen) atoms. The van der Waals surface area contributed by atoms with E-state index in [1.807, 2.05) is 12.1 Å². The summed E-state index contributed by atoms with van der Waals surface area (Å²) in [6.45, 7) is 2.47. The Balaban J connectivity index is 1.96. The molecule has 0 saturated carbocycles. The standard InChI is InChI=1S/C13H12N2O2/c1-7-2-9-3-8-4-11-12(17-6-16-11)5-10(8)15-13(9)14-7/h3-5,7H,2,6H2,1H3,(H,14,15). The van der Waals surface area contributed by atoms with Crippen molar-refractivity contribution in [1.29, 1.82) is 0 Å². The molecule has 3 heterocycles. The second-order valence-electron chi connectivity index (χ2n) is 4.64. The van der Waals surface area contributed by atoms with E-state index >= 15 is 0 Å². The number of nitrogens with one attached hydrogen (secondary N) is 1. The molecule has 4 nitrogen and oxygen atoms in total. The first-order valence-corrected chi connectivity index (χ1v) is 5.79. The third-order valence-electron chi connectivity index (χ3n) is 3.30. The third kappa shape index (κ3) is 1.27. The summed E-state index contributed by atoms with van der Waals surface area (Å²) in [5.41, 5.74) is 2.23. The van der Waals surface area contributed by atoms with Crippen LogP contribution < -0.4 is 14.8 Å². The molecule has 1 aromatic carbocycles. The molecule has 0 spiro atoms. The first kappa shape index (κ1) is 9.10. The number of fused-ring (bicyclic) bond motifs is 3. The summed E-state index contributed by atoms with van der Waals surface area (Å²) in [5.74, 6) is 2.61. The molecule has 1 unspecified atom stereocenters. The molecular formula is C13H12N2O2. The summed E-state index contributed by atoms with van der Waals surface area (Å²) >= 11 is 0. The second-order valence-corrected chi connectivity index (χ2v) is 4.64. The van der Waals surface area contributed by atoms with Gasteiger partial charge in [0.2, 0.25) is 6.79 Å². The van der Waals surface area contributed by atoms with E-state index in [1.54, 1.807) is 0 Å². The van der Waals surface area contributed by atoms with Gasteiger partial charge in [0.15, 0.2) is 11.5 Å². The molecule has 86 valence electrons. The second kappa shape index (κ2) is 3.03. The fourth-order valence-corrected chi connectivity index (χ4v) is 2.50. The quantitative estimate of drug-likeness (QED) is 0.751. The highest BCUT2D eigenvalue weighted by atomic mass is 16.7. The highest BCUT2D eigenvalue weighted by Gasteiger charge is 2.21. The first-order chi connectivity index (χ1) is 8.29. The van der Waals surface area contributed by atoms with Crippen molar-refractivity contribution in [3.63, 3.8) is 0 Å². The summed E-state index contributed by atoms with van der Waals surface area (Å²) in [5, 5.41) is 4.49. The van der Waals surface area contributed by atoms with Gasteiger partial charge in [-0.2, -0.15) is 0 Å². The lowest BCUT2D eigenvalue weighted by Gasteiger charge is -2.04. The molecule has 4 heteroatoms. The minimum Gasteiger partial charge on any atom is -0.454 e. The van der Waals surface area contributed by atoms with Crippen molar-refractivity contribution in [3.05, 3.63) is 23.8 Å². The van der Waals surface area contributed by atoms with Crippen LogP contribution in [-0.2, 0) is 6.42 Å². The Kier molecular flexibility index (Phi) is 1.62. The van der Waals surface area contributed by atoms with Crippen LogP contribution >= 0.6 is 0 Å². The van der Waals surface area contributed by atoms with Crippen LogP contribution in [0.2, 0.25) is 0 Å². The van der Waals surface area contributed by atoms with Gasteiger partial charge in [-0.3, -0.25) is 0 Å². The van der Waals surface area contributed by atoms with E-state index in [9.17, 15) is 0 Å². The maximum Gasteiger partial charge on any atom is 0.231 e. The van der Waals surface area contributed by atoms with Crippen molar-refractivity contribution in [1.82, 2.24) is 4.98 Å². The van der Waals surface area contributed by atoms with E-state index in [-0.39, 0.29) is 0 Å². The van der Waals surface area contributed by atoms with Crippen molar-refractivity contribution in [2.24, 2.45) is 0 Å². The van der Waals surface area contributed by atoms with Crippen LogP contribution in [0.3, 0.4) is 0 Å². The number of hydrogen-bond acceptors (Lipinski definition) is 4. The Morgan fingerprint density at radius 3 is 2.94 bits per heavy atom. The van der Waals surface area contributed by atoms with Gasteiger partial charge >= 0.3 is 0 Å². The molecule has 2 aliphatic rings. The average molecular weight is 228 g/mol. The molecule has 2 aliphatic heterocycles. The normalized spacial score (nSPS) is 20.4. The molecule has 0 aliphatic carbocycles. The summed E-state index contributed by atoms with van der Waals surface area (Å²) in [6, 6.07) is 6.61. The molecule has 0 bridgehead atoms. The predicted molar refractivity (Wildman–Crippen MR) is 64.7 cm³/mol. The van der Waals surface area contributed by atoms with Crippen LogP contribution in [-0.4, -0.2) is 17.8 Å². The van der Waals surface area contributed by atoms with E-state index in [0.717, 1.165) is 34.6 Å². The van der Waals surface area contributed by atoms with Crippen molar-refractivity contribution in [2.75, 3.05) is 12.1 Å². The predicted octanol–water partition coefficient (Wildman–Crippen LogP) is 2.32. The van der Waals surface area contributed by atoms with Crippen LogP contribution in [0, 0.1) is 0 Å². The largest absolute Gasteiger partial charge is 0.454 e. The zero-order valence-corrected chi connectivity index (χ0v) is 9.49. The Bertz CT molecular complexity index is 572.